The topological polar surface area (TPSA) is 12.9 Å². The lowest BCUT2D eigenvalue weighted by atomic mass is 9.92. The van der Waals surface area contributed by atoms with Crippen molar-refractivity contribution in [3.63, 3.8) is 0 Å². The van der Waals surface area contributed by atoms with Crippen LogP contribution in [-0.4, -0.2) is 4.98 Å². The molecule has 0 spiro atoms. The van der Waals surface area contributed by atoms with Gasteiger partial charge in [0.1, 0.15) is 0 Å². The highest BCUT2D eigenvalue weighted by Gasteiger charge is 2.10. The third-order valence-electron chi connectivity index (χ3n) is 6.84. The highest BCUT2D eigenvalue weighted by molar-refractivity contribution is 6.07. The highest BCUT2D eigenvalue weighted by Crippen LogP contribution is 2.33. The Morgan fingerprint density at radius 1 is 0.444 bits per heavy atom. The molecule has 0 N–H and O–H groups in total. The molecule has 176 valence electrons. The summed E-state index contributed by atoms with van der Waals surface area (Å²) in [6.07, 6.45) is 0. The number of benzene rings is 5. The van der Waals surface area contributed by atoms with Crippen LogP contribution in [0.3, 0.4) is 0 Å². The maximum atomic E-state index is 4.90. The van der Waals surface area contributed by atoms with Crippen LogP contribution in [0.2, 0.25) is 0 Å². The van der Waals surface area contributed by atoms with Crippen LogP contribution in [-0.2, 0) is 0 Å². The van der Waals surface area contributed by atoms with E-state index in [1.165, 1.54) is 55.1 Å². The summed E-state index contributed by atoms with van der Waals surface area (Å²) in [7, 11) is 0. The smallest absolute Gasteiger partial charge is 0.0717 e. The van der Waals surface area contributed by atoms with E-state index >= 15 is 0 Å². The summed E-state index contributed by atoms with van der Waals surface area (Å²) in [5.74, 6) is 0. The van der Waals surface area contributed by atoms with E-state index in [0.29, 0.717) is 0 Å². The van der Waals surface area contributed by atoms with Gasteiger partial charge in [-0.15, -0.1) is 0 Å². The molecule has 5 aromatic carbocycles. The van der Waals surface area contributed by atoms with E-state index in [-0.39, 0.29) is 0 Å². The fourth-order valence-corrected chi connectivity index (χ4v) is 4.81. The molecule has 0 radical (unpaired) electrons. The standard InChI is InChI=1S/C28H23N.C7H8/c1-18-8-4-5-9-23(18)27-16-21(13-12-19(27)2)22-14-15-26-25-11-7-6-10-24(25)20(3)29-28(26)17-22;1-7-5-3-2-4-6-7/h4-17H,1-3H3;2-6H,1H3. The Kier molecular flexibility index (Phi) is 6.64. The average Bonchev–Trinajstić information content (AvgIpc) is 2.90. The van der Waals surface area contributed by atoms with E-state index in [1.54, 1.807) is 0 Å². The molecule has 0 fully saturated rings. The second-order valence-electron chi connectivity index (χ2n) is 9.47. The lowest BCUT2D eigenvalue weighted by Gasteiger charge is -2.13. The highest BCUT2D eigenvalue weighted by atomic mass is 14.7. The normalized spacial score (nSPS) is 10.8. The Morgan fingerprint density at radius 2 is 1.06 bits per heavy atom. The summed E-state index contributed by atoms with van der Waals surface area (Å²) in [5.41, 5.74) is 11.1. The fourth-order valence-electron chi connectivity index (χ4n) is 4.81. The number of nitrogens with zero attached hydrogens (tertiary/aromatic N) is 1. The van der Waals surface area contributed by atoms with Gasteiger partial charge in [0, 0.05) is 16.5 Å². The molecule has 36 heavy (non-hydrogen) atoms. The molecule has 0 saturated heterocycles. The Labute approximate surface area is 214 Å². The van der Waals surface area contributed by atoms with Crippen LogP contribution in [0.5, 0.6) is 0 Å². The number of rotatable bonds is 2. The van der Waals surface area contributed by atoms with Crippen molar-refractivity contribution in [2.45, 2.75) is 27.7 Å². The minimum Gasteiger partial charge on any atom is -0.252 e. The quantitative estimate of drug-likeness (QED) is 0.232. The van der Waals surface area contributed by atoms with Gasteiger partial charge in [0.05, 0.1) is 5.52 Å². The van der Waals surface area contributed by atoms with Gasteiger partial charge in [-0.2, -0.15) is 0 Å². The zero-order chi connectivity index (χ0) is 25.1. The Hall–Kier alpha value is -4.23. The van der Waals surface area contributed by atoms with Gasteiger partial charge >= 0.3 is 0 Å². The van der Waals surface area contributed by atoms with Gasteiger partial charge in [0.25, 0.3) is 0 Å². The van der Waals surface area contributed by atoms with E-state index in [2.05, 4.69) is 125 Å². The van der Waals surface area contributed by atoms with Crippen LogP contribution < -0.4 is 0 Å². The summed E-state index contributed by atoms with van der Waals surface area (Å²) in [5, 5.41) is 3.71. The van der Waals surface area contributed by atoms with Gasteiger partial charge in [-0.1, -0.05) is 109 Å². The van der Waals surface area contributed by atoms with Crippen LogP contribution in [0.4, 0.5) is 0 Å². The monoisotopic (exact) mass is 465 g/mol. The predicted molar refractivity (Wildman–Crippen MR) is 156 cm³/mol. The van der Waals surface area contributed by atoms with E-state index in [0.717, 1.165) is 11.2 Å². The first-order chi connectivity index (χ1) is 17.5. The Morgan fingerprint density at radius 3 is 1.78 bits per heavy atom. The SMILES string of the molecule is Cc1ccccc1.Cc1ccccc1-c1cc(-c2ccc3c(c2)nc(C)c2ccccc23)ccc1C. The molecule has 1 nitrogen and oxygen atoms in total. The molecule has 6 rings (SSSR count). The van der Waals surface area contributed by atoms with E-state index < -0.39 is 0 Å². The molecular formula is C35H31N. The first kappa shape index (κ1) is 23.5. The largest absolute Gasteiger partial charge is 0.252 e. The molecule has 0 aliphatic heterocycles. The van der Waals surface area contributed by atoms with E-state index in [9.17, 15) is 0 Å². The number of pyridine rings is 1. The minimum atomic E-state index is 1.05. The lowest BCUT2D eigenvalue weighted by Crippen LogP contribution is -1.90. The molecule has 0 bridgehead atoms. The second-order valence-corrected chi connectivity index (χ2v) is 9.47. The van der Waals surface area contributed by atoms with Gasteiger partial charge in [-0.05, 0) is 78.6 Å². The first-order valence-corrected chi connectivity index (χ1v) is 12.5. The summed E-state index contributed by atoms with van der Waals surface area (Å²) in [6, 6.07) is 40.8. The third kappa shape index (κ3) is 4.78. The summed E-state index contributed by atoms with van der Waals surface area (Å²) in [4.78, 5) is 4.90. The number of aromatic nitrogens is 1. The number of hydrogen-bond donors (Lipinski definition) is 0. The zero-order valence-electron chi connectivity index (χ0n) is 21.4. The number of hydrogen-bond acceptors (Lipinski definition) is 1. The predicted octanol–water partition coefficient (Wildman–Crippen LogP) is 9.64. The summed E-state index contributed by atoms with van der Waals surface area (Å²) in [6.45, 7) is 8.54. The van der Waals surface area contributed by atoms with Crippen LogP contribution in [0, 0.1) is 27.7 Å². The zero-order valence-corrected chi connectivity index (χ0v) is 21.4. The van der Waals surface area contributed by atoms with Gasteiger partial charge in [-0.3, -0.25) is 4.98 Å². The Balaban J connectivity index is 0.000000330. The Bertz CT molecular complexity index is 1660. The van der Waals surface area contributed by atoms with Crippen molar-refractivity contribution in [2.75, 3.05) is 0 Å². The molecule has 0 atom stereocenters. The van der Waals surface area contributed by atoms with Crippen molar-refractivity contribution in [3.8, 4) is 22.3 Å². The van der Waals surface area contributed by atoms with Gasteiger partial charge in [-0.25, -0.2) is 0 Å². The molecule has 0 unspecified atom stereocenters. The molecular weight excluding hydrogens is 434 g/mol. The first-order valence-electron chi connectivity index (χ1n) is 12.5. The summed E-state index contributed by atoms with van der Waals surface area (Å²) < 4.78 is 0. The van der Waals surface area contributed by atoms with Crippen molar-refractivity contribution in [2.24, 2.45) is 0 Å². The van der Waals surface area contributed by atoms with Crippen LogP contribution in [0.1, 0.15) is 22.4 Å². The molecule has 0 saturated carbocycles. The molecule has 0 amide bonds. The van der Waals surface area contributed by atoms with E-state index in [4.69, 9.17) is 4.98 Å². The van der Waals surface area contributed by atoms with Crippen LogP contribution >= 0.6 is 0 Å². The van der Waals surface area contributed by atoms with Crippen molar-refractivity contribution >= 4 is 21.7 Å². The third-order valence-corrected chi connectivity index (χ3v) is 6.84. The molecule has 1 heterocycles. The number of fused-ring (bicyclic) bond motifs is 3. The maximum Gasteiger partial charge on any atom is 0.0717 e. The molecule has 6 aromatic rings. The molecule has 1 aromatic heterocycles. The minimum absolute atomic E-state index is 1.05. The van der Waals surface area contributed by atoms with Crippen molar-refractivity contribution in [1.29, 1.82) is 0 Å². The van der Waals surface area contributed by atoms with Crippen molar-refractivity contribution < 1.29 is 0 Å². The average molecular weight is 466 g/mol. The second kappa shape index (κ2) is 10.2. The fraction of sp³-hybridized carbons (Fsp3) is 0.114. The van der Waals surface area contributed by atoms with Gasteiger partial charge in [0.2, 0.25) is 0 Å². The van der Waals surface area contributed by atoms with Crippen LogP contribution in [0.25, 0.3) is 43.9 Å². The molecule has 0 aliphatic carbocycles. The maximum absolute atomic E-state index is 4.90. The van der Waals surface area contributed by atoms with Crippen molar-refractivity contribution in [1.82, 2.24) is 4.98 Å². The molecule has 1 heteroatoms. The number of aryl methyl sites for hydroxylation is 4. The van der Waals surface area contributed by atoms with Gasteiger partial charge in [0.15, 0.2) is 0 Å². The summed E-state index contributed by atoms with van der Waals surface area (Å²) >= 11 is 0. The lowest BCUT2D eigenvalue weighted by molar-refractivity contribution is 1.29. The molecule has 0 aliphatic rings. The van der Waals surface area contributed by atoms with Gasteiger partial charge < -0.3 is 0 Å². The van der Waals surface area contributed by atoms with E-state index in [1.807, 2.05) is 18.2 Å². The van der Waals surface area contributed by atoms with Crippen LogP contribution in [0.15, 0.2) is 115 Å². The van der Waals surface area contributed by atoms with Crippen molar-refractivity contribution in [3.05, 3.63) is 138 Å².